The SMILES string of the molecule is O=C(O)[C@H]1Cc2ccccc2CN1C(=O)c1cccc(-n2cccn2)c1. The Morgan fingerprint density at radius 3 is 2.58 bits per heavy atom. The Hall–Kier alpha value is -3.41. The van der Waals surface area contributed by atoms with E-state index in [0.29, 0.717) is 12.0 Å². The first-order chi connectivity index (χ1) is 12.6. The number of rotatable bonds is 3. The van der Waals surface area contributed by atoms with Gasteiger partial charge in [-0.3, -0.25) is 4.79 Å². The predicted octanol–water partition coefficient (Wildman–Crippen LogP) is 2.52. The van der Waals surface area contributed by atoms with Gasteiger partial charge in [0.15, 0.2) is 0 Å². The number of aromatic nitrogens is 2. The van der Waals surface area contributed by atoms with E-state index < -0.39 is 12.0 Å². The van der Waals surface area contributed by atoms with Crippen LogP contribution in [-0.4, -0.2) is 37.7 Å². The lowest BCUT2D eigenvalue weighted by Gasteiger charge is -2.34. The lowest BCUT2D eigenvalue weighted by molar-refractivity contribution is -0.142. The molecule has 0 unspecified atom stereocenters. The van der Waals surface area contributed by atoms with E-state index in [1.54, 1.807) is 41.3 Å². The molecule has 0 bridgehead atoms. The molecule has 1 N–H and O–H groups in total. The number of amides is 1. The third kappa shape index (κ3) is 2.86. The standard InChI is InChI=1S/C20H17N3O3/c24-19(15-7-3-8-17(11-15)23-10-4-9-21-23)22-13-16-6-2-1-5-14(16)12-18(22)20(25)26/h1-11,18H,12-13H2,(H,25,26)/t18-/m1/s1. The summed E-state index contributed by atoms with van der Waals surface area (Å²) in [6.45, 7) is 0.290. The monoisotopic (exact) mass is 347 g/mol. The fraction of sp³-hybridized carbons (Fsp3) is 0.150. The van der Waals surface area contributed by atoms with Gasteiger partial charge >= 0.3 is 5.97 Å². The number of nitrogens with zero attached hydrogens (tertiary/aromatic N) is 3. The number of carboxylic acid groups (broad SMARTS) is 1. The predicted molar refractivity (Wildman–Crippen MR) is 95.0 cm³/mol. The number of hydrogen-bond donors (Lipinski definition) is 1. The average molecular weight is 347 g/mol. The van der Waals surface area contributed by atoms with Gasteiger partial charge in [-0.15, -0.1) is 0 Å². The number of carbonyl (C=O) groups is 2. The summed E-state index contributed by atoms with van der Waals surface area (Å²) < 4.78 is 1.66. The Morgan fingerprint density at radius 2 is 1.85 bits per heavy atom. The molecule has 1 amide bonds. The largest absolute Gasteiger partial charge is 0.480 e. The number of carboxylic acids is 1. The van der Waals surface area contributed by atoms with Gasteiger partial charge < -0.3 is 10.0 Å². The van der Waals surface area contributed by atoms with Crippen LogP contribution in [0.25, 0.3) is 5.69 Å². The summed E-state index contributed by atoms with van der Waals surface area (Å²) in [5, 5.41) is 13.8. The van der Waals surface area contributed by atoms with E-state index in [0.717, 1.165) is 16.8 Å². The fourth-order valence-corrected chi connectivity index (χ4v) is 3.33. The van der Waals surface area contributed by atoms with Gasteiger partial charge in [0.2, 0.25) is 0 Å². The van der Waals surface area contributed by atoms with Crippen molar-refractivity contribution in [3.05, 3.63) is 83.7 Å². The lowest BCUT2D eigenvalue weighted by atomic mass is 9.93. The summed E-state index contributed by atoms with van der Waals surface area (Å²) in [5.41, 5.74) is 3.17. The van der Waals surface area contributed by atoms with Crippen LogP contribution in [0.15, 0.2) is 67.0 Å². The molecule has 1 atom stereocenters. The third-order valence-electron chi connectivity index (χ3n) is 4.66. The highest BCUT2D eigenvalue weighted by Gasteiger charge is 2.34. The molecule has 2 aromatic carbocycles. The molecule has 26 heavy (non-hydrogen) atoms. The van der Waals surface area contributed by atoms with E-state index in [1.807, 2.05) is 30.3 Å². The summed E-state index contributed by atoms with van der Waals surface area (Å²) in [5.74, 6) is -1.28. The molecular formula is C20H17N3O3. The van der Waals surface area contributed by atoms with Crippen LogP contribution in [0.2, 0.25) is 0 Å². The van der Waals surface area contributed by atoms with Crippen molar-refractivity contribution < 1.29 is 14.7 Å². The second kappa shape index (κ2) is 6.48. The normalized spacial score (nSPS) is 16.2. The van der Waals surface area contributed by atoms with Crippen molar-refractivity contribution >= 4 is 11.9 Å². The molecule has 1 aromatic heterocycles. The summed E-state index contributed by atoms with van der Waals surface area (Å²) >= 11 is 0. The van der Waals surface area contributed by atoms with E-state index in [2.05, 4.69) is 5.10 Å². The first-order valence-electron chi connectivity index (χ1n) is 8.34. The summed E-state index contributed by atoms with van der Waals surface area (Å²) in [6, 6.07) is 15.6. The number of hydrogen-bond acceptors (Lipinski definition) is 3. The molecule has 1 aliphatic rings. The highest BCUT2D eigenvalue weighted by Crippen LogP contribution is 2.25. The van der Waals surface area contributed by atoms with Crippen molar-refractivity contribution in [1.82, 2.24) is 14.7 Å². The van der Waals surface area contributed by atoms with Crippen molar-refractivity contribution in [3.8, 4) is 5.69 Å². The zero-order valence-corrected chi connectivity index (χ0v) is 13.9. The molecule has 1 aliphatic heterocycles. The Balaban J connectivity index is 1.68. The van der Waals surface area contributed by atoms with Gasteiger partial charge in [0.05, 0.1) is 5.69 Å². The van der Waals surface area contributed by atoms with E-state index >= 15 is 0 Å². The third-order valence-corrected chi connectivity index (χ3v) is 4.66. The molecule has 4 rings (SSSR count). The second-order valence-corrected chi connectivity index (χ2v) is 6.26. The van der Waals surface area contributed by atoms with Gasteiger partial charge in [0, 0.05) is 30.9 Å². The van der Waals surface area contributed by atoms with E-state index in [-0.39, 0.29) is 12.5 Å². The number of carbonyl (C=O) groups excluding carboxylic acids is 1. The lowest BCUT2D eigenvalue weighted by Crippen LogP contribution is -2.48. The topological polar surface area (TPSA) is 75.4 Å². The van der Waals surface area contributed by atoms with Gasteiger partial charge in [0.25, 0.3) is 5.91 Å². The van der Waals surface area contributed by atoms with E-state index in [1.165, 1.54) is 4.90 Å². The zero-order valence-electron chi connectivity index (χ0n) is 13.9. The molecule has 6 nitrogen and oxygen atoms in total. The average Bonchev–Trinajstić information content (AvgIpc) is 3.21. The maximum Gasteiger partial charge on any atom is 0.326 e. The molecule has 0 aliphatic carbocycles. The first kappa shape index (κ1) is 16.1. The van der Waals surface area contributed by atoms with Gasteiger partial charge in [-0.2, -0.15) is 5.10 Å². The van der Waals surface area contributed by atoms with Crippen LogP contribution in [-0.2, 0) is 17.8 Å². The maximum atomic E-state index is 13.1. The van der Waals surface area contributed by atoms with Gasteiger partial charge in [-0.1, -0.05) is 30.3 Å². The summed E-state index contributed by atoms with van der Waals surface area (Å²) in [6.07, 6.45) is 3.77. The number of fused-ring (bicyclic) bond motifs is 1. The minimum Gasteiger partial charge on any atom is -0.480 e. The second-order valence-electron chi connectivity index (χ2n) is 6.26. The molecule has 2 heterocycles. The van der Waals surface area contributed by atoms with E-state index in [9.17, 15) is 14.7 Å². The molecule has 0 saturated carbocycles. The van der Waals surface area contributed by atoms with Crippen LogP contribution in [0.1, 0.15) is 21.5 Å². The highest BCUT2D eigenvalue weighted by molar-refractivity contribution is 5.97. The maximum absolute atomic E-state index is 13.1. The Kier molecular flexibility index (Phi) is 4.01. The minimum atomic E-state index is -0.990. The highest BCUT2D eigenvalue weighted by atomic mass is 16.4. The quantitative estimate of drug-likeness (QED) is 0.790. The van der Waals surface area contributed by atoms with Crippen LogP contribution >= 0.6 is 0 Å². The van der Waals surface area contributed by atoms with Crippen molar-refractivity contribution in [2.75, 3.05) is 0 Å². The van der Waals surface area contributed by atoms with Gasteiger partial charge in [-0.25, -0.2) is 9.48 Å². The first-order valence-corrected chi connectivity index (χ1v) is 8.34. The van der Waals surface area contributed by atoms with Crippen LogP contribution in [0.5, 0.6) is 0 Å². The summed E-state index contributed by atoms with van der Waals surface area (Å²) in [4.78, 5) is 26.3. The van der Waals surface area contributed by atoms with Crippen LogP contribution in [0.3, 0.4) is 0 Å². The molecule has 0 radical (unpaired) electrons. The fourth-order valence-electron chi connectivity index (χ4n) is 3.33. The molecule has 0 fully saturated rings. The number of benzene rings is 2. The Morgan fingerprint density at radius 1 is 1.04 bits per heavy atom. The van der Waals surface area contributed by atoms with Crippen molar-refractivity contribution in [3.63, 3.8) is 0 Å². The molecule has 0 saturated heterocycles. The number of aliphatic carboxylic acids is 1. The van der Waals surface area contributed by atoms with Gasteiger partial charge in [-0.05, 0) is 35.4 Å². The molecule has 0 spiro atoms. The van der Waals surface area contributed by atoms with Gasteiger partial charge in [0.1, 0.15) is 6.04 Å². The molecular weight excluding hydrogens is 330 g/mol. The van der Waals surface area contributed by atoms with Crippen LogP contribution < -0.4 is 0 Å². The molecule has 6 heteroatoms. The Labute approximate surface area is 150 Å². The summed E-state index contributed by atoms with van der Waals surface area (Å²) in [7, 11) is 0. The molecule has 130 valence electrons. The van der Waals surface area contributed by atoms with Crippen molar-refractivity contribution in [2.45, 2.75) is 19.0 Å². The Bertz CT molecular complexity index is 966. The van der Waals surface area contributed by atoms with Crippen molar-refractivity contribution in [2.24, 2.45) is 0 Å². The van der Waals surface area contributed by atoms with Crippen LogP contribution in [0.4, 0.5) is 0 Å². The van der Waals surface area contributed by atoms with Crippen molar-refractivity contribution in [1.29, 1.82) is 0 Å². The smallest absolute Gasteiger partial charge is 0.326 e. The van der Waals surface area contributed by atoms with Crippen LogP contribution in [0, 0.1) is 0 Å². The zero-order chi connectivity index (χ0) is 18.1. The minimum absolute atomic E-state index is 0.290. The van der Waals surface area contributed by atoms with E-state index in [4.69, 9.17) is 0 Å². The molecule has 3 aromatic rings.